The summed E-state index contributed by atoms with van der Waals surface area (Å²) in [5.41, 5.74) is 1.37. The van der Waals surface area contributed by atoms with Gasteiger partial charge in [0.05, 0.1) is 5.56 Å². The van der Waals surface area contributed by atoms with Gasteiger partial charge in [-0.05, 0) is 29.8 Å². The van der Waals surface area contributed by atoms with E-state index in [-0.39, 0.29) is 0 Å². The average molecular weight is 258 g/mol. The smallest absolute Gasteiger partial charge is 0.344 e. The standard InChI is InChI=1S/C15H8F2O2/c16-10-5-9(6-11(17)8-10)7-14-12-3-1-2-4-13(12)15(18)19-14/h1-8H/b14-7-. The minimum Gasteiger partial charge on any atom is -0.422 e. The first kappa shape index (κ1) is 11.6. The molecule has 0 N–H and O–H groups in total. The van der Waals surface area contributed by atoms with E-state index in [9.17, 15) is 13.6 Å². The van der Waals surface area contributed by atoms with Gasteiger partial charge in [-0.25, -0.2) is 13.6 Å². The number of benzene rings is 2. The van der Waals surface area contributed by atoms with E-state index in [0.29, 0.717) is 22.4 Å². The molecule has 2 aromatic carbocycles. The van der Waals surface area contributed by atoms with Gasteiger partial charge < -0.3 is 4.74 Å². The number of rotatable bonds is 1. The highest BCUT2D eigenvalue weighted by Gasteiger charge is 2.25. The molecule has 0 amide bonds. The molecule has 0 aliphatic carbocycles. The van der Waals surface area contributed by atoms with Crippen LogP contribution < -0.4 is 0 Å². The van der Waals surface area contributed by atoms with Crippen molar-refractivity contribution in [1.29, 1.82) is 0 Å². The van der Waals surface area contributed by atoms with Crippen molar-refractivity contribution >= 4 is 17.8 Å². The number of carbonyl (C=O) groups is 1. The number of ether oxygens (including phenoxy) is 1. The van der Waals surface area contributed by atoms with Crippen molar-refractivity contribution in [2.75, 3.05) is 0 Å². The molecule has 1 aliphatic rings. The largest absolute Gasteiger partial charge is 0.422 e. The van der Waals surface area contributed by atoms with E-state index in [1.807, 2.05) is 0 Å². The van der Waals surface area contributed by atoms with E-state index in [4.69, 9.17) is 4.74 Å². The van der Waals surface area contributed by atoms with Gasteiger partial charge in [0.1, 0.15) is 17.4 Å². The fourth-order valence-electron chi connectivity index (χ4n) is 2.00. The average Bonchev–Trinajstić information content (AvgIpc) is 2.66. The monoisotopic (exact) mass is 258 g/mol. The third-order valence-electron chi connectivity index (χ3n) is 2.80. The Hall–Kier alpha value is -2.49. The third kappa shape index (κ3) is 2.12. The maximum Gasteiger partial charge on any atom is 0.344 e. The molecule has 2 nitrogen and oxygen atoms in total. The second kappa shape index (κ2) is 4.31. The van der Waals surface area contributed by atoms with Gasteiger partial charge in [-0.1, -0.05) is 18.2 Å². The molecule has 0 atom stereocenters. The number of halogens is 2. The quantitative estimate of drug-likeness (QED) is 0.730. The molecule has 0 saturated carbocycles. The molecule has 1 aliphatic heterocycles. The van der Waals surface area contributed by atoms with Crippen molar-refractivity contribution in [2.24, 2.45) is 0 Å². The summed E-state index contributed by atoms with van der Waals surface area (Å²) in [6, 6.07) is 9.99. The van der Waals surface area contributed by atoms with Gasteiger partial charge >= 0.3 is 5.97 Å². The highest BCUT2D eigenvalue weighted by Crippen LogP contribution is 2.31. The number of hydrogen-bond acceptors (Lipinski definition) is 2. The molecule has 1 heterocycles. The summed E-state index contributed by atoms with van der Waals surface area (Å²) in [5, 5.41) is 0. The fraction of sp³-hybridized carbons (Fsp3) is 0. The minimum atomic E-state index is -0.676. The minimum absolute atomic E-state index is 0.297. The maximum absolute atomic E-state index is 13.1. The molecule has 0 fully saturated rings. The lowest BCUT2D eigenvalue weighted by Crippen LogP contribution is -1.92. The first-order valence-electron chi connectivity index (χ1n) is 5.63. The van der Waals surface area contributed by atoms with E-state index >= 15 is 0 Å². The van der Waals surface area contributed by atoms with E-state index in [1.54, 1.807) is 24.3 Å². The van der Waals surface area contributed by atoms with Crippen LogP contribution in [0.1, 0.15) is 21.5 Å². The zero-order valence-electron chi connectivity index (χ0n) is 9.69. The first-order valence-corrected chi connectivity index (χ1v) is 5.63. The second-order valence-corrected chi connectivity index (χ2v) is 4.15. The van der Waals surface area contributed by atoms with Crippen LogP contribution in [0.4, 0.5) is 8.78 Å². The Morgan fingerprint density at radius 3 is 2.26 bits per heavy atom. The number of esters is 1. The Morgan fingerprint density at radius 1 is 0.947 bits per heavy atom. The van der Waals surface area contributed by atoms with Crippen LogP contribution in [0.5, 0.6) is 0 Å². The molecular formula is C15H8F2O2. The molecule has 2 aromatic rings. The van der Waals surface area contributed by atoms with Crippen molar-refractivity contribution in [3.05, 3.63) is 70.8 Å². The topological polar surface area (TPSA) is 26.3 Å². The van der Waals surface area contributed by atoms with Crippen molar-refractivity contribution in [2.45, 2.75) is 0 Å². The Balaban J connectivity index is 2.08. The molecule has 0 aromatic heterocycles. The molecule has 0 saturated heterocycles. The van der Waals surface area contributed by atoms with Crippen molar-refractivity contribution in [3.8, 4) is 0 Å². The van der Waals surface area contributed by atoms with Gasteiger partial charge in [-0.15, -0.1) is 0 Å². The van der Waals surface area contributed by atoms with Crippen LogP contribution in [0.25, 0.3) is 11.8 Å². The highest BCUT2D eigenvalue weighted by atomic mass is 19.1. The van der Waals surface area contributed by atoms with E-state index in [2.05, 4.69) is 0 Å². The van der Waals surface area contributed by atoms with Gasteiger partial charge in [0, 0.05) is 11.6 Å². The molecule has 19 heavy (non-hydrogen) atoms. The van der Waals surface area contributed by atoms with Gasteiger partial charge in [0.15, 0.2) is 0 Å². The predicted molar refractivity (Wildman–Crippen MR) is 66.1 cm³/mol. The zero-order chi connectivity index (χ0) is 13.4. The second-order valence-electron chi connectivity index (χ2n) is 4.15. The molecule has 4 heteroatoms. The molecule has 0 bridgehead atoms. The number of hydrogen-bond donors (Lipinski definition) is 0. The lowest BCUT2D eigenvalue weighted by molar-refractivity contribution is 0.0717. The Kier molecular flexibility index (Phi) is 2.63. The molecule has 0 spiro atoms. The highest BCUT2D eigenvalue weighted by molar-refractivity contribution is 6.05. The molecular weight excluding hydrogens is 250 g/mol. The number of carbonyl (C=O) groups excluding carboxylic acids is 1. The summed E-state index contributed by atoms with van der Waals surface area (Å²) in [6.45, 7) is 0. The van der Waals surface area contributed by atoms with Crippen LogP contribution in [0.3, 0.4) is 0 Å². The zero-order valence-corrected chi connectivity index (χ0v) is 9.69. The fourth-order valence-corrected chi connectivity index (χ4v) is 2.00. The summed E-state index contributed by atoms with van der Waals surface area (Å²) < 4.78 is 31.3. The Labute approximate surface area is 107 Å². The van der Waals surface area contributed by atoms with Crippen LogP contribution in [0.15, 0.2) is 42.5 Å². The van der Waals surface area contributed by atoms with Crippen LogP contribution in [-0.2, 0) is 4.74 Å². The van der Waals surface area contributed by atoms with Crippen molar-refractivity contribution < 1.29 is 18.3 Å². The molecule has 3 rings (SSSR count). The van der Waals surface area contributed by atoms with Gasteiger partial charge in [0.25, 0.3) is 0 Å². The normalized spacial score (nSPS) is 15.5. The summed E-state index contributed by atoms with van der Waals surface area (Å²) >= 11 is 0. The summed E-state index contributed by atoms with van der Waals surface area (Å²) in [6.07, 6.45) is 1.44. The van der Waals surface area contributed by atoms with Crippen molar-refractivity contribution in [3.63, 3.8) is 0 Å². The first-order chi connectivity index (χ1) is 9.13. The van der Waals surface area contributed by atoms with Crippen molar-refractivity contribution in [1.82, 2.24) is 0 Å². The van der Waals surface area contributed by atoms with E-state index < -0.39 is 17.6 Å². The lowest BCUT2D eigenvalue weighted by atomic mass is 10.1. The Bertz CT molecular complexity index is 685. The Morgan fingerprint density at radius 2 is 1.58 bits per heavy atom. The number of fused-ring (bicyclic) bond motifs is 1. The lowest BCUT2D eigenvalue weighted by Gasteiger charge is -2.00. The van der Waals surface area contributed by atoms with Crippen LogP contribution in [-0.4, -0.2) is 5.97 Å². The van der Waals surface area contributed by atoms with E-state index in [1.165, 1.54) is 18.2 Å². The van der Waals surface area contributed by atoms with Crippen LogP contribution in [0, 0.1) is 11.6 Å². The SMILES string of the molecule is O=C1O/C(=C\c2cc(F)cc(F)c2)c2ccccc21. The molecule has 94 valence electrons. The van der Waals surface area contributed by atoms with E-state index in [0.717, 1.165) is 6.07 Å². The van der Waals surface area contributed by atoms with Crippen LogP contribution in [0.2, 0.25) is 0 Å². The maximum atomic E-state index is 13.1. The molecule has 0 radical (unpaired) electrons. The summed E-state index contributed by atoms with van der Waals surface area (Å²) in [5.74, 6) is -1.52. The predicted octanol–water partition coefficient (Wildman–Crippen LogP) is 3.63. The molecule has 0 unspecified atom stereocenters. The van der Waals surface area contributed by atoms with Gasteiger partial charge in [-0.2, -0.15) is 0 Å². The van der Waals surface area contributed by atoms with Gasteiger partial charge in [0.2, 0.25) is 0 Å². The third-order valence-corrected chi connectivity index (χ3v) is 2.80. The summed E-state index contributed by atoms with van der Waals surface area (Å²) in [4.78, 5) is 11.6. The number of cyclic esters (lactones) is 1. The van der Waals surface area contributed by atoms with Gasteiger partial charge in [-0.3, -0.25) is 0 Å². The summed E-state index contributed by atoms with van der Waals surface area (Å²) in [7, 11) is 0. The van der Waals surface area contributed by atoms with Crippen LogP contribution >= 0.6 is 0 Å².